The second-order valence-corrected chi connectivity index (χ2v) is 17.3. The molecule has 2 amide bonds. The number of phenolic OH excluding ortho intramolecular Hbond substituents is 1. The quantitative estimate of drug-likeness (QED) is 0.0972. The lowest BCUT2D eigenvalue weighted by Gasteiger charge is -2.21. The second kappa shape index (κ2) is 19.9. The van der Waals surface area contributed by atoms with Crippen LogP contribution in [0.15, 0.2) is 82.8 Å². The first-order valence-electron chi connectivity index (χ1n) is 19.0. The molecular formula is C44H47I3N4O4. The van der Waals surface area contributed by atoms with Crippen molar-refractivity contribution in [2.24, 2.45) is 9.98 Å². The van der Waals surface area contributed by atoms with E-state index >= 15 is 0 Å². The SMILES string of the molecule is Cc1cc2c(cc1O)N=C[C@@H]1Cc3ccccc3N1C2=O.Cc1cc2c(cc1OCCCCCI)N=C[C@@H]1Cc3ccccc3N1C2=O.ICCCCCI. The molecule has 0 aromatic heterocycles. The maximum atomic E-state index is 13.3. The number of ether oxygens (including phenoxy) is 1. The molecule has 2 atom stereocenters. The molecule has 1 N–H and O–H groups in total. The van der Waals surface area contributed by atoms with Crippen LogP contribution in [0.1, 0.15) is 81.5 Å². The fourth-order valence-electron chi connectivity index (χ4n) is 7.17. The number of carbonyl (C=O) groups excluding carboxylic acids is 2. The summed E-state index contributed by atoms with van der Waals surface area (Å²) in [5, 5.41) is 9.82. The number of phenols is 1. The van der Waals surface area contributed by atoms with Crippen LogP contribution in [0, 0.1) is 13.8 Å². The van der Waals surface area contributed by atoms with Gasteiger partial charge in [0.25, 0.3) is 11.8 Å². The molecule has 0 bridgehead atoms. The summed E-state index contributed by atoms with van der Waals surface area (Å²) in [5.41, 5.74) is 8.43. The van der Waals surface area contributed by atoms with E-state index in [0.717, 1.165) is 42.0 Å². The van der Waals surface area contributed by atoms with Gasteiger partial charge in [-0.25, -0.2) is 0 Å². The van der Waals surface area contributed by atoms with Crippen LogP contribution in [-0.2, 0) is 12.8 Å². The third-order valence-electron chi connectivity index (χ3n) is 10.1. The van der Waals surface area contributed by atoms with E-state index in [-0.39, 0.29) is 29.6 Å². The minimum atomic E-state index is -0.0550. The number of nitrogens with zero attached hydrogens (tertiary/aromatic N) is 4. The average molecular weight is 1080 g/mol. The minimum absolute atomic E-state index is 0.0137. The monoisotopic (exact) mass is 1080 g/mol. The molecule has 0 radical (unpaired) electrons. The Morgan fingerprint density at radius 1 is 0.655 bits per heavy atom. The molecule has 8 rings (SSSR count). The highest BCUT2D eigenvalue weighted by Crippen LogP contribution is 2.40. The predicted octanol–water partition coefficient (Wildman–Crippen LogP) is 11.3. The van der Waals surface area contributed by atoms with Crippen LogP contribution in [0.3, 0.4) is 0 Å². The zero-order valence-electron chi connectivity index (χ0n) is 31.3. The van der Waals surface area contributed by atoms with Gasteiger partial charge in [0.2, 0.25) is 0 Å². The Balaban J connectivity index is 0.000000163. The summed E-state index contributed by atoms with van der Waals surface area (Å²) in [6.07, 6.45) is 13.0. The zero-order valence-corrected chi connectivity index (χ0v) is 37.8. The first kappa shape index (κ1) is 41.6. The molecular weight excluding hydrogens is 1030 g/mol. The number of hydrogen-bond donors (Lipinski definition) is 1. The molecule has 4 aromatic rings. The maximum absolute atomic E-state index is 13.3. The Morgan fingerprint density at radius 2 is 1.13 bits per heavy atom. The van der Waals surface area contributed by atoms with Crippen LogP contribution in [0.4, 0.5) is 22.7 Å². The number of aryl methyl sites for hydroxylation is 2. The Hall–Kier alpha value is -3.05. The summed E-state index contributed by atoms with van der Waals surface area (Å²) in [5.74, 6) is 0.964. The first-order valence-corrected chi connectivity index (χ1v) is 23.5. The van der Waals surface area contributed by atoms with Gasteiger partial charge in [0.05, 0.1) is 41.2 Å². The molecule has 0 spiro atoms. The van der Waals surface area contributed by atoms with E-state index in [1.807, 2.05) is 72.6 Å². The van der Waals surface area contributed by atoms with Crippen molar-refractivity contribution in [2.45, 2.75) is 77.3 Å². The fraction of sp³-hybridized carbons (Fsp3) is 0.364. The Kier molecular flexibility index (Phi) is 15.0. The number of halogens is 3. The molecule has 0 aliphatic carbocycles. The molecule has 4 heterocycles. The van der Waals surface area contributed by atoms with Crippen molar-refractivity contribution in [1.29, 1.82) is 0 Å². The number of aromatic hydroxyl groups is 1. The lowest BCUT2D eigenvalue weighted by atomic mass is 10.1. The number of alkyl halides is 3. The highest BCUT2D eigenvalue weighted by Gasteiger charge is 2.37. The number of unbranched alkanes of at least 4 members (excludes halogenated alkanes) is 4. The molecule has 0 fully saturated rings. The first-order chi connectivity index (χ1) is 26.7. The average Bonchev–Trinajstić information content (AvgIpc) is 3.68. The largest absolute Gasteiger partial charge is 0.508 e. The van der Waals surface area contributed by atoms with Gasteiger partial charge in [-0.15, -0.1) is 0 Å². The summed E-state index contributed by atoms with van der Waals surface area (Å²) in [6, 6.07) is 23.1. The number of hydrogen-bond acceptors (Lipinski definition) is 6. The van der Waals surface area contributed by atoms with Crippen molar-refractivity contribution in [1.82, 2.24) is 0 Å². The minimum Gasteiger partial charge on any atom is -0.508 e. The summed E-state index contributed by atoms with van der Waals surface area (Å²) >= 11 is 7.25. The number of carbonyl (C=O) groups is 2. The molecule has 0 unspecified atom stereocenters. The van der Waals surface area contributed by atoms with E-state index in [1.54, 1.807) is 30.2 Å². The van der Waals surface area contributed by atoms with Crippen molar-refractivity contribution in [3.05, 3.63) is 106 Å². The predicted molar refractivity (Wildman–Crippen MR) is 252 cm³/mol. The Labute approximate surface area is 365 Å². The van der Waals surface area contributed by atoms with E-state index in [0.29, 0.717) is 34.7 Å². The maximum Gasteiger partial charge on any atom is 0.261 e. The summed E-state index contributed by atoms with van der Waals surface area (Å²) < 4.78 is 9.82. The van der Waals surface area contributed by atoms with Crippen molar-refractivity contribution < 1.29 is 19.4 Å². The molecule has 0 saturated carbocycles. The number of rotatable bonds is 10. The van der Waals surface area contributed by atoms with E-state index in [2.05, 4.69) is 83.8 Å². The number of benzene rings is 4. The van der Waals surface area contributed by atoms with Crippen LogP contribution < -0.4 is 14.5 Å². The lowest BCUT2D eigenvalue weighted by Crippen LogP contribution is -2.37. The van der Waals surface area contributed by atoms with Gasteiger partial charge in [0, 0.05) is 48.8 Å². The van der Waals surface area contributed by atoms with Crippen LogP contribution in [0.5, 0.6) is 11.5 Å². The summed E-state index contributed by atoms with van der Waals surface area (Å²) in [7, 11) is 0. The van der Waals surface area contributed by atoms with Crippen molar-refractivity contribution >= 4 is 115 Å². The van der Waals surface area contributed by atoms with Crippen molar-refractivity contribution in [2.75, 3.05) is 29.7 Å². The van der Waals surface area contributed by atoms with E-state index < -0.39 is 0 Å². The molecule has 55 heavy (non-hydrogen) atoms. The molecule has 11 heteroatoms. The second-order valence-electron chi connectivity index (χ2n) is 14.0. The number of anilines is 2. The summed E-state index contributed by atoms with van der Waals surface area (Å²) in [6.45, 7) is 4.49. The third kappa shape index (κ3) is 9.74. The Bertz CT molecular complexity index is 2060. The van der Waals surface area contributed by atoms with E-state index in [9.17, 15) is 14.7 Å². The third-order valence-corrected chi connectivity index (χ3v) is 12.4. The van der Waals surface area contributed by atoms with Gasteiger partial charge < -0.3 is 9.84 Å². The van der Waals surface area contributed by atoms with Gasteiger partial charge in [0.1, 0.15) is 11.5 Å². The van der Waals surface area contributed by atoms with Crippen LogP contribution in [0.2, 0.25) is 0 Å². The van der Waals surface area contributed by atoms with Gasteiger partial charge >= 0.3 is 0 Å². The smallest absolute Gasteiger partial charge is 0.261 e. The van der Waals surface area contributed by atoms with Gasteiger partial charge in [0.15, 0.2) is 0 Å². The molecule has 8 nitrogen and oxygen atoms in total. The number of aliphatic imine (C=N–C) groups is 2. The highest BCUT2D eigenvalue weighted by atomic mass is 127. The lowest BCUT2D eigenvalue weighted by molar-refractivity contribution is 0.0979. The number of fused-ring (bicyclic) bond motifs is 8. The molecule has 4 aliphatic rings. The number of para-hydroxylation sites is 2. The topological polar surface area (TPSA) is 94.8 Å². The van der Waals surface area contributed by atoms with Crippen LogP contribution in [-0.4, -0.2) is 61.3 Å². The van der Waals surface area contributed by atoms with Crippen LogP contribution in [0.25, 0.3) is 0 Å². The molecule has 0 saturated heterocycles. The van der Waals surface area contributed by atoms with E-state index in [1.165, 1.54) is 56.5 Å². The summed E-state index contributed by atoms with van der Waals surface area (Å²) in [4.78, 5) is 39.0. The standard InChI is InChI=1S/C22H23IN2O2.C17H14N2O2.C5H10I2/c1-15-11-18-19(13-21(15)27-10-6-2-5-9-23)24-14-17-12-16-7-3-4-8-20(16)25(17)22(18)26;1-10-6-13-14(8-16(10)20)18-9-12-7-11-4-2-3-5-15(11)19(12)17(13)21;6-4-2-1-3-5-7/h3-4,7-8,11,13-14,17H,2,5-6,9-10,12H2,1H3;2-6,8-9,12,20H,7H2,1H3;1-5H2/t17-;12-;/m00./s1. The fourth-order valence-corrected chi connectivity index (χ4v) is 8.79. The van der Waals surface area contributed by atoms with E-state index in [4.69, 9.17) is 4.74 Å². The van der Waals surface area contributed by atoms with Gasteiger partial charge in [-0.2, -0.15) is 0 Å². The highest BCUT2D eigenvalue weighted by molar-refractivity contribution is 14.1. The molecule has 288 valence electrons. The van der Waals surface area contributed by atoms with Gasteiger partial charge in [-0.1, -0.05) is 111 Å². The van der Waals surface area contributed by atoms with Crippen molar-refractivity contribution in [3.63, 3.8) is 0 Å². The number of amides is 2. The van der Waals surface area contributed by atoms with Gasteiger partial charge in [-0.3, -0.25) is 29.4 Å². The Morgan fingerprint density at radius 3 is 1.65 bits per heavy atom. The van der Waals surface area contributed by atoms with Crippen molar-refractivity contribution in [3.8, 4) is 11.5 Å². The normalized spacial score (nSPS) is 17.0. The molecule has 4 aliphatic heterocycles. The van der Waals surface area contributed by atoms with Crippen LogP contribution >= 0.6 is 67.8 Å². The van der Waals surface area contributed by atoms with Gasteiger partial charge in [-0.05, 0) is 106 Å². The molecule has 4 aromatic carbocycles. The zero-order chi connectivity index (χ0) is 38.9.